The standard InChI is InChI=1S/C23H40O4/c1-18(2)13-9-7-11-15-26-22(24)20(5)17-21(6)23(25)27-16-12-8-10-14-19(3)4/h17-19H,5,7-16H2,1-4,6H3/b21-17+. The van der Waals surface area contributed by atoms with Crippen LogP contribution < -0.4 is 0 Å². The Bertz CT molecular complexity index is 475. The van der Waals surface area contributed by atoms with Crippen molar-refractivity contribution in [1.82, 2.24) is 0 Å². The molecule has 0 N–H and O–H groups in total. The van der Waals surface area contributed by atoms with Crippen LogP contribution >= 0.6 is 0 Å². The van der Waals surface area contributed by atoms with Gasteiger partial charge in [0.2, 0.25) is 0 Å². The van der Waals surface area contributed by atoms with Crippen LogP contribution in [0.5, 0.6) is 0 Å². The smallest absolute Gasteiger partial charge is 0.337 e. The van der Waals surface area contributed by atoms with E-state index in [9.17, 15) is 9.59 Å². The lowest BCUT2D eigenvalue weighted by Crippen LogP contribution is -2.10. The van der Waals surface area contributed by atoms with Crippen LogP contribution in [0.25, 0.3) is 0 Å². The summed E-state index contributed by atoms with van der Waals surface area (Å²) in [6.45, 7) is 15.0. The van der Waals surface area contributed by atoms with Crippen LogP contribution in [0.3, 0.4) is 0 Å². The van der Waals surface area contributed by atoms with Gasteiger partial charge >= 0.3 is 11.9 Å². The first kappa shape index (κ1) is 25.4. The zero-order chi connectivity index (χ0) is 20.7. The fraction of sp³-hybridized carbons (Fsp3) is 0.739. The minimum absolute atomic E-state index is 0.184. The predicted octanol–water partition coefficient (Wildman–Crippen LogP) is 6.01. The summed E-state index contributed by atoms with van der Waals surface area (Å²) in [6, 6.07) is 0. The molecule has 0 rings (SSSR count). The number of ether oxygens (including phenoxy) is 2. The summed E-state index contributed by atoms with van der Waals surface area (Å²) in [5.74, 6) is 0.546. The van der Waals surface area contributed by atoms with E-state index in [1.165, 1.54) is 18.9 Å². The molecule has 4 nitrogen and oxygen atoms in total. The van der Waals surface area contributed by atoms with Gasteiger partial charge in [-0.3, -0.25) is 0 Å². The first-order valence-electron chi connectivity index (χ1n) is 10.5. The molecule has 0 saturated heterocycles. The van der Waals surface area contributed by atoms with Crippen molar-refractivity contribution in [3.8, 4) is 0 Å². The third-order valence-electron chi connectivity index (χ3n) is 4.29. The molecule has 0 bridgehead atoms. The number of carbonyl (C=O) groups excluding carboxylic acids is 2. The van der Waals surface area contributed by atoms with Gasteiger partial charge in [0.1, 0.15) is 0 Å². The molecule has 0 atom stereocenters. The highest BCUT2D eigenvalue weighted by molar-refractivity contribution is 5.95. The molecule has 0 heterocycles. The van der Waals surface area contributed by atoms with E-state index in [0.29, 0.717) is 30.6 Å². The Labute approximate surface area is 166 Å². The summed E-state index contributed by atoms with van der Waals surface area (Å²) >= 11 is 0. The molecule has 0 aliphatic rings. The van der Waals surface area contributed by atoms with Crippen molar-refractivity contribution < 1.29 is 19.1 Å². The van der Waals surface area contributed by atoms with Gasteiger partial charge < -0.3 is 9.47 Å². The molecule has 0 aromatic heterocycles. The lowest BCUT2D eigenvalue weighted by molar-refractivity contribution is -0.139. The maximum Gasteiger partial charge on any atom is 0.337 e. The van der Waals surface area contributed by atoms with Crippen LogP contribution in [0.15, 0.2) is 23.8 Å². The molecule has 0 fully saturated rings. The fourth-order valence-electron chi connectivity index (χ4n) is 2.58. The molecule has 0 amide bonds. The van der Waals surface area contributed by atoms with Crippen molar-refractivity contribution in [2.45, 2.75) is 86.0 Å². The van der Waals surface area contributed by atoms with E-state index in [1.807, 2.05) is 0 Å². The summed E-state index contributed by atoms with van der Waals surface area (Å²) in [7, 11) is 0. The number of unbranched alkanes of at least 4 members (excludes halogenated alkanes) is 4. The van der Waals surface area contributed by atoms with Gasteiger partial charge in [-0.05, 0) is 37.7 Å². The molecule has 0 unspecified atom stereocenters. The van der Waals surface area contributed by atoms with Crippen LogP contribution in [0, 0.1) is 11.8 Å². The highest BCUT2D eigenvalue weighted by atomic mass is 16.5. The lowest BCUT2D eigenvalue weighted by atomic mass is 10.1. The summed E-state index contributed by atoms with van der Waals surface area (Å²) in [5, 5.41) is 0. The molecule has 0 aliphatic heterocycles. The molecule has 0 aliphatic carbocycles. The van der Waals surface area contributed by atoms with Crippen LogP contribution in [-0.4, -0.2) is 25.2 Å². The Morgan fingerprint density at radius 3 is 1.67 bits per heavy atom. The van der Waals surface area contributed by atoms with Crippen molar-refractivity contribution in [2.24, 2.45) is 11.8 Å². The lowest BCUT2D eigenvalue weighted by Gasteiger charge is -2.08. The maximum atomic E-state index is 11.9. The normalized spacial score (nSPS) is 11.7. The Hall–Kier alpha value is -1.58. The molecule has 0 aromatic carbocycles. The van der Waals surface area contributed by atoms with Gasteiger partial charge in [0, 0.05) is 5.57 Å². The Balaban J connectivity index is 3.97. The van der Waals surface area contributed by atoms with Crippen LogP contribution in [-0.2, 0) is 19.1 Å². The molecule has 0 radical (unpaired) electrons. The molecule has 0 saturated carbocycles. The summed E-state index contributed by atoms with van der Waals surface area (Å²) in [5.41, 5.74) is 0.555. The molecule has 0 aromatic rings. The molecule has 4 heteroatoms. The first-order chi connectivity index (χ1) is 12.7. The Morgan fingerprint density at radius 1 is 0.778 bits per heavy atom. The van der Waals surface area contributed by atoms with Crippen molar-refractivity contribution >= 4 is 11.9 Å². The number of carbonyl (C=O) groups is 2. The summed E-state index contributed by atoms with van der Waals surface area (Å²) < 4.78 is 10.4. The van der Waals surface area contributed by atoms with Crippen molar-refractivity contribution in [3.63, 3.8) is 0 Å². The second-order valence-corrected chi connectivity index (χ2v) is 8.11. The number of hydrogen-bond donors (Lipinski definition) is 0. The first-order valence-corrected chi connectivity index (χ1v) is 10.5. The average Bonchev–Trinajstić information content (AvgIpc) is 2.59. The van der Waals surface area contributed by atoms with E-state index in [-0.39, 0.29) is 5.57 Å². The Kier molecular flexibility index (Phi) is 14.6. The molecule has 27 heavy (non-hydrogen) atoms. The third kappa shape index (κ3) is 15.2. The Morgan fingerprint density at radius 2 is 1.22 bits per heavy atom. The molecule has 156 valence electrons. The molecule has 0 spiro atoms. The maximum absolute atomic E-state index is 11.9. The van der Waals surface area contributed by atoms with E-state index >= 15 is 0 Å². The highest BCUT2D eigenvalue weighted by Crippen LogP contribution is 2.10. The minimum atomic E-state index is -0.473. The van der Waals surface area contributed by atoms with E-state index in [0.717, 1.165) is 38.5 Å². The largest absolute Gasteiger partial charge is 0.462 e. The van der Waals surface area contributed by atoms with Crippen LogP contribution in [0.2, 0.25) is 0 Å². The predicted molar refractivity (Wildman–Crippen MR) is 111 cm³/mol. The van der Waals surface area contributed by atoms with Gasteiger partial charge in [-0.25, -0.2) is 9.59 Å². The van der Waals surface area contributed by atoms with Gasteiger partial charge in [-0.1, -0.05) is 72.8 Å². The second kappa shape index (κ2) is 15.5. The quantitative estimate of drug-likeness (QED) is 0.151. The van der Waals surface area contributed by atoms with Gasteiger partial charge in [0.05, 0.1) is 18.8 Å². The van der Waals surface area contributed by atoms with Gasteiger partial charge in [0.25, 0.3) is 0 Å². The zero-order valence-electron chi connectivity index (χ0n) is 18.1. The van der Waals surface area contributed by atoms with Crippen LogP contribution in [0.1, 0.15) is 86.0 Å². The van der Waals surface area contributed by atoms with E-state index < -0.39 is 11.9 Å². The summed E-state index contributed by atoms with van der Waals surface area (Å²) in [6.07, 6.45) is 9.99. The third-order valence-corrected chi connectivity index (χ3v) is 4.29. The molecular weight excluding hydrogens is 340 g/mol. The molecular formula is C23H40O4. The number of hydrogen-bond acceptors (Lipinski definition) is 4. The second-order valence-electron chi connectivity index (χ2n) is 8.11. The number of esters is 2. The topological polar surface area (TPSA) is 52.6 Å². The van der Waals surface area contributed by atoms with Gasteiger partial charge in [-0.15, -0.1) is 0 Å². The summed E-state index contributed by atoms with van der Waals surface area (Å²) in [4.78, 5) is 23.9. The fourth-order valence-corrected chi connectivity index (χ4v) is 2.58. The average molecular weight is 381 g/mol. The van der Waals surface area contributed by atoms with Crippen LogP contribution in [0.4, 0.5) is 0 Å². The van der Waals surface area contributed by atoms with E-state index in [1.54, 1.807) is 6.92 Å². The van der Waals surface area contributed by atoms with Crippen molar-refractivity contribution in [3.05, 3.63) is 23.8 Å². The van der Waals surface area contributed by atoms with Gasteiger partial charge in [-0.2, -0.15) is 0 Å². The zero-order valence-corrected chi connectivity index (χ0v) is 18.1. The minimum Gasteiger partial charge on any atom is -0.462 e. The monoisotopic (exact) mass is 380 g/mol. The van der Waals surface area contributed by atoms with E-state index in [2.05, 4.69) is 34.3 Å². The highest BCUT2D eigenvalue weighted by Gasteiger charge is 2.11. The van der Waals surface area contributed by atoms with Gasteiger partial charge in [0.15, 0.2) is 0 Å². The van der Waals surface area contributed by atoms with E-state index in [4.69, 9.17) is 9.47 Å². The van der Waals surface area contributed by atoms with Crippen molar-refractivity contribution in [1.29, 1.82) is 0 Å². The number of rotatable bonds is 15. The van der Waals surface area contributed by atoms with Crippen molar-refractivity contribution in [2.75, 3.05) is 13.2 Å². The SMILES string of the molecule is C=C(/C=C(\C)C(=O)OCCCCCC(C)C)C(=O)OCCCCCC(C)C.